The summed E-state index contributed by atoms with van der Waals surface area (Å²) in [5, 5.41) is 5.76. The Labute approximate surface area is 187 Å². The van der Waals surface area contributed by atoms with Crippen molar-refractivity contribution in [2.75, 3.05) is 10.6 Å². The first-order valence-corrected chi connectivity index (χ1v) is 10.9. The lowest BCUT2D eigenvalue weighted by Crippen LogP contribution is -2.32. The maximum Gasteiger partial charge on any atom is 0.238 e. The number of halogens is 1. The summed E-state index contributed by atoms with van der Waals surface area (Å²) in [6, 6.07) is 18.7. The number of benzene rings is 2. The molecule has 2 aromatic carbocycles. The SMILES string of the molecule is O=C(CC1Sc2ccc(Cl)cc2NC1=O)Nc1ccc(-c2cn3ccccc3n2)cc1. The monoisotopic (exact) mass is 448 g/mol. The van der Waals surface area contributed by atoms with Gasteiger partial charge in [0.2, 0.25) is 11.8 Å². The maximum absolute atomic E-state index is 12.5. The van der Waals surface area contributed by atoms with E-state index in [0.717, 1.165) is 21.8 Å². The second-order valence-corrected chi connectivity index (χ2v) is 8.84. The second kappa shape index (κ2) is 8.09. The Morgan fingerprint density at radius 3 is 2.81 bits per heavy atom. The molecule has 154 valence electrons. The van der Waals surface area contributed by atoms with Crippen LogP contribution in [0.2, 0.25) is 5.02 Å². The van der Waals surface area contributed by atoms with Crippen LogP contribution >= 0.6 is 23.4 Å². The first-order valence-electron chi connectivity index (χ1n) is 9.66. The van der Waals surface area contributed by atoms with Gasteiger partial charge in [-0.3, -0.25) is 9.59 Å². The number of hydrogen-bond acceptors (Lipinski definition) is 4. The molecule has 2 aromatic heterocycles. The summed E-state index contributed by atoms with van der Waals surface area (Å²) in [7, 11) is 0. The summed E-state index contributed by atoms with van der Waals surface area (Å²) < 4.78 is 1.96. The van der Waals surface area contributed by atoms with Gasteiger partial charge in [0, 0.05) is 40.0 Å². The van der Waals surface area contributed by atoms with E-state index in [1.807, 2.05) is 65.3 Å². The van der Waals surface area contributed by atoms with Gasteiger partial charge < -0.3 is 15.0 Å². The third-order valence-corrected chi connectivity index (χ3v) is 6.47. The van der Waals surface area contributed by atoms with Gasteiger partial charge in [-0.05, 0) is 42.5 Å². The summed E-state index contributed by atoms with van der Waals surface area (Å²) in [4.78, 5) is 30.4. The highest BCUT2D eigenvalue weighted by molar-refractivity contribution is 8.01. The Morgan fingerprint density at radius 2 is 2.00 bits per heavy atom. The Morgan fingerprint density at radius 1 is 1.16 bits per heavy atom. The van der Waals surface area contributed by atoms with Crippen LogP contribution in [0, 0.1) is 0 Å². The zero-order valence-electron chi connectivity index (χ0n) is 16.2. The minimum atomic E-state index is -0.495. The standard InChI is InChI=1S/C23H17ClN4O2S/c24-15-6-9-19-17(11-15)27-23(30)20(31-19)12-22(29)25-16-7-4-14(5-8-16)18-13-28-10-2-1-3-21(28)26-18/h1-11,13,20H,12H2,(H,25,29)(H,27,30). The summed E-state index contributed by atoms with van der Waals surface area (Å²) >= 11 is 7.35. The molecule has 1 aliphatic rings. The van der Waals surface area contributed by atoms with Crippen LogP contribution in [0.5, 0.6) is 0 Å². The molecule has 0 bridgehead atoms. The normalized spacial score (nSPS) is 15.4. The molecular formula is C23H17ClN4O2S. The first kappa shape index (κ1) is 19.7. The van der Waals surface area contributed by atoms with Gasteiger partial charge in [-0.25, -0.2) is 4.98 Å². The highest BCUT2D eigenvalue weighted by Crippen LogP contribution is 2.38. The van der Waals surface area contributed by atoms with Crippen molar-refractivity contribution >= 4 is 52.2 Å². The number of amides is 2. The van der Waals surface area contributed by atoms with Crippen LogP contribution in [0.25, 0.3) is 16.9 Å². The van der Waals surface area contributed by atoms with Crippen molar-refractivity contribution in [2.45, 2.75) is 16.6 Å². The number of carbonyl (C=O) groups is 2. The van der Waals surface area contributed by atoms with Gasteiger partial charge in [-0.1, -0.05) is 29.8 Å². The molecule has 6 nitrogen and oxygen atoms in total. The lowest BCUT2D eigenvalue weighted by molar-refractivity contribution is -0.120. The molecule has 2 N–H and O–H groups in total. The number of pyridine rings is 1. The number of rotatable bonds is 4. The highest BCUT2D eigenvalue weighted by Gasteiger charge is 2.29. The van der Waals surface area contributed by atoms with Gasteiger partial charge in [0.1, 0.15) is 5.65 Å². The van der Waals surface area contributed by atoms with Gasteiger partial charge in [0.05, 0.1) is 16.6 Å². The number of fused-ring (bicyclic) bond motifs is 2. The first-order chi connectivity index (χ1) is 15.0. The third-order valence-electron chi connectivity index (χ3n) is 4.96. The Bertz CT molecular complexity index is 1270. The van der Waals surface area contributed by atoms with Crippen molar-refractivity contribution in [1.29, 1.82) is 0 Å². The summed E-state index contributed by atoms with van der Waals surface area (Å²) in [5.74, 6) is -0.414. The van der Waals surface area contributed by atoms with Crippen LogP contribution in [-0.2, 0) is 9.59 Å². The molecule has 1 atom stereocenters. The fraction of sp³-hybridized carbons (Fsp3) is 0.0870. The molecule has 8 heteroatoms. The Hall–Kier alpha value is -3.29. The number of hydrogen-bond donors (Lipinski definition) is 2. The van der Waals surface area contributed by atoms with E-state index in [9.17, 15) is 9.59 Å². The van der Waals surface area contributed by atoms with Gasteiger partial charge >= 0.3 is 0 Å². The van der Waals surface area contributed by atoms with E-state index in [0.29, 0.717) is 16.4 Å². The van der Waals surface area contributed by atoms with Crippen molar-refractivity contribution in [1.82, 2.24) is 9.38 Å². The van der Waals surface area contributed by atoms with Crippen LogP contribution in [0.3, 0.4) is 0 Å². The molecule has 0 saturated carbocycles. The smallest absolute Gasteiger partial charge is 0.238 e. The highest BCUT2D eigenvalue weighted by atomic mass is 35.5. The largest absolute Gasteiger partial charge is 0.326 e. The van der Waals surface area contributed by atoms with Crippen molar-refractivity contribution < 1.29 is 9.59 Å². The quantitative estimate of drug-likeness (QED) is 0.455. The zero-order valence-corrected chi connectivity index (χ0v) is 17.8. The number of thioether (sulfide) groups is 1. The van der Waals surface area contributed by atoms with Gasteiger partial charge in [0.25, 0.3) is 0 Å². The lowest BCUT2D eigenvalue weighted by atomic mass is 10.1. The molecule has 1 unspecified atom stereocenters. The van der Waals surface area contributed by atoms with Gasteiger partial charge in [-0.15, -0.1) is 11.8 Å². The molecule has 0 fully saturated rings. The van der Waals surface area contributed by atoms with Crippen molar-refractivity contribution in [2.24, 2.45) is 0 Å². The van der Waals surface area contributed by atoms with E-state index >= 15 is 0 Å². The fourth-order valence-corrected chi connectivity index (χ4v) is 4.70. The fourth-order valence-electron chi connectivity index (χ4n) is 3.44. The number of carbonyl (C=O) groups excluding carboxylic acids is 2. The van der Waals surface area contributed by atoms with Crippen molar-refractivity contribution in [3.05, 3.63) is 78.1 Å². The van der Waals surface area contributed by atoms with Crippen molar-refractivity contribution in [3.8, 4) is 11.3 Å². The maximum atomic E-state index is 12.5. The number of nitrogens with zero attached hydrogens (tertiary/aromatic N) is 2. The van der Waals surface area contributed by atoms with E-state index in [1.165, 1.54) is 11.8 Å². The molecule has 0 spiro atoms. The summed E-state index contributed by atoms with van der Waals surface area (Å²) in [5.41, 5.74) is 4.05. The molecule has 5 rings (SSSR count). The molecule has 0 radical (unpaired) electrons. The van der Waals surface area contributed by atoms with Gasteiger partial charge in [0.15, 0.2) is 0 Å². The topological polar surface area (TPSA) is 75.5 Å². The van der Waals surface area contributed by atoms with Crippen LogP contribution in [-0.4, -0.2) is 26.4 Å². The lowest BCUT2D eigenvalue weighted by Gasteiger charge is -2.23. The molecule has 3 heterocycles. The minimum absolute atomic E-state index is 0.0761. The Balaban J connectivity index is 1.24. The molecule has 1 aliphatic heterocycles. The van der Waals surface area contributed by atoms with Crippen LogP contribution in [0.4, 0.5) is 11.4 Å². The molecular weight excluding hydrogens is 432 g/mol. The van der Waals surface area contributed by atoms with E-state index in [-0.39, 0.29) is 18.2 Å². The van der Waals surface area contributed by atoms with Crippen LogP contribution in [0.1, 0.15) is 6.42 Å². The summed E-state index contributed by atoms with van der Waals surface area (Å²) in [6.45, 7) is 0. The van der Waals surface area contributed by atoms with E-state index in [4.69, 9.17) is 11.6 Å². The van der Waals surface area contributed by atoms with Gasteiger partial charge in [-0.2, -0.15) is 0 Å². The number of nitrogens with one attached hydrogen (secondary N) is 2. The Kier molecular flexibility index (Phi) is 5.13. The average molecular weight is 449 g/mol. The molecule has 31 heavy (non-hydrogen) atoms. The summed E-state index contributed by atoms with van der Waals surface area (Å²) in [6.07, 6.45) is 3.99. The number of aromatic nitrogens is 2. The zero-order chi connectivity index (χ0) is 21.4. The molecule has 0 aliphatic carbocycles. The second-order valence-electron chi connectivity index (χ2n) is 7.16. The predicted molar refractivity (Wildman–Crippen MR) is 124 cm³/mol. The number of anilines is 2. The van der Waals surface area contributed by atoms with E-state index in [2.05, 4.69) is 15.6 Å². The minimum Gasteiger partial charge on any atom is -0.326 e. The van der Waals surface area contributed by atoms with Crippen LogP contribution in [0.15, 0.2) is 78.0 Å². The van der Waals surface area contributed by atoms with Crippen LogP contribution < -0.4 is 10.6 Å². The number of imidazole rings is 1. The molecule has 0 saturated heterocycles. The predicted octanol–water partition coefficient (Wildman–Crippen LogP) is 5.10. The molecule has 4 aromatic rings. The average Bonchev–Trinajstić information content (AvgIpc) is 3.19. The third kappa shape index (κ3) is 4.15. The van der Waals surface area contributed by atoms with E-state index in [1.54, 1.807) is 12.1 Å². The molecule has 2 amide bonds. The van der Waals surface area contributed by atoms with Crippen molar-refractivity contribution in [3.63, 3.8) is 0 Å². The van der Waals surface area contributed by atoms with E-state index < -0.39 is 5.25 Å².